The molecule has 0 atom stereocenters. The average Bonchev–Trinajstić information content (AvgIpc) is 2.50. The second-order valence-electron chi connectivity index (χ2n) is 4.86. The Morgan fingerprint density at radius 3 is 2.45 bits per heavy atom. The number of hydrogen-bond acceptors (Lipinski definition) is 3. The van der Waals surface area contributed by atoms with E-state index >= 15 is 0 Å². The van der Waals surface area contributed by atoms with Crippen LogP contribution >= 0.6 is 0 Å². The van der Waals surface area contributed by atoms with Gasteiger partial charge < -0.3 is 4.74 Å². The number of carbonyl (C=O) groups is 2. The summed E-state index contributed by atoms with van der Waals surface area (Å²) in [5.41, 5.74) is 2.79. The molecule has 0 heterocycles. The summed E-state index contributed by atoms with van der Waals surface area (Å²) >= 11 is 0. The molecule has 0 aliphatic heterocycles. The molecule has 3 heteroatoms. The van der Waals surface area contributed by atoms with Crippen LogP contribution in [-0.4, -0.2) is 18.4 Å². The van der Waals surface area contributed by atoms with Gasteiger partial charge in [0, 0.05) is 12.8 Å². The summed E-state index contributed by atoms with van der Waals surface area (Å²) < 4.78 is 4.55. The van der Waals surface area contributed by atoms with E-state index in [0.717, 1.165) is 19.3 Å². The van der Waals surface area contributed by atoms with Crippen molar-refractivity contribution in [3.05, 3.63) is 35.4 Å². The Morgan fingerprint density at radius 1 is 1.23 bits per heavy atom. The van der Waals surface area contributed by atoms with Crippen LogP contribution in [-0.2, 0) is 20.7 Å². The van der Waals surface area contributed by atoms with Crippen molar-refractivity contribution in [3.8, 4) is 12.3 Å². The molecule has 0 N–H and O–H groups in total. The molecular formula is C19H26O3. The number of benzene rings is 1. The van der Waals surface area contributed by atoms with Gasteiger partial charge in [0.05, 0.1) is 6.61 Å². The molecular weight excluding hydrogens is 276 g/mol. The molecule has 3 nitrogen and oxygen atoms in total. The molecule has 0 unspecified atom stereocenters. The number of esters is 1. The van der Waals surface area contributed by atoms with E-state index in [1.807, 2.05) is 0 Å². The summed E-state index contributed by atoms with van der Waals surface area (Å²) in [5, 5.41) is 0. The first kappa shape index (κ1) is 19.9. The van der Waals surface area contributed by atoms with E-state index in [0.29, 0.717) is 13.0 Å². The Hall–Kier alpha value is -2.08. The number of terminal acetylenes is 1. The molecule has 0 saturated heterocycles. The van der Waals surface area contributed by atoms with E-state index < -0.39 is 5.97 Å². The lowest BCUT2D eigenvalue weighted by molar-refractivity contribution is -0.145. The molecule has 0 amide bonds. The topological polar surface area (TPSA) is 43.4 Å². The Balaban J connectivity index is 0.000000409. The maximum atomic E-state index is 10.6. The van der Waals surface area contributed by atoms with Crippen molar-refractivity contribution in [2.24, 2.45) is 0 Å². The fraction of sp³-hybridized carbons (Fsp3) is 0.474. The van der Waals surface area contributed by atoms with Crippen molar-refractivity contribution < 1.29 is 14.3 Å². The van der Waals surface area contributed by atoms with Gasteiger partial charge in [-0.1, -0.05) is 31.2 Å². The predicted octanol–water partition coefficient (Wildman–Crippen LogP) is 3.87. The van der Waals surface area contributed by atoms with Crippen molar-refractivity contribution >= 4 is 11.8 Å². The fourth-order valence-corrected chi connectivity index (χ4v) is 1.77. The second-order valence-corrected chi connectivity index (χ2v) is 4.86. The Labute approximate surface area is 134 Å². The van der Waals surface area contributed by atoms with E-state index in [-0.39, 0.29) is 12.2 Å². The van der Waals surface area contributed by atoms with Crippen LogP contribution in [0.1, 0.15) is 50.7 Å². The van der Waals surface area contributed by atoms with Crippen LogP contribution in [0.15, 0.2) is 24.3 Å². The highest BCUT2D eigenvalue weighted by Gasteiger charge is 2.06. The van der Waals surface area contributed by atoms with Crippen molar-refractivity contribution in [2.45, 2.75) is 52.9 Å². The molecule has 0 aromatic heterocycles. The van der Waals surface area contributed by atoms with Crippen molar-refractivity contribution in [3.63, 3.8) is 0 Å². The van der Waals surface area contributed by atoms with Crippen LogP contribution in [0.3, 0.4) is 0 Å². The van der Waals surface area contributed by atoms with Gasteiger partial charge in [-0.15, -0.1) is 12.3 Å². The van der Waals surface area contributed by atoms with Crippen LogP contribution in [0.4, 0.5) is 0 Å². The maximum absolute atomic E-state index is 10.6. The summed E-state index contributed by atoms with van der Waals surface area (Å²) in [4.78, 5) is 21.2. The van der Waals surface area contributed by atoms with Crippen molar-refractivity contribution in [1.82, 2.24) is 0 Å². The third-order valence-electron chi connectivity index (χ3n) is 3.07. The summed E-state index contributed by atoms with van der Waals surface area (Å²) in [5.74, 6) is 2.16. The number of rotatable bonds is 7. The van der Waals surface area contributed by atoms with Gasteiger partial charge in [0.2, 0.25) is 0 Å². The van der Waals surface area contributed by atoms with Gasteiger partial charge >= 0.3 is 5.97 Å². The molecule has 0 bridgehead atoms. The smallest absolute Gasteiger partial charge is 0.313 e. The zero-order valence-corrected chi connectivity index (χ0v) is 13.9. The van der Waals surface area contributed by atoms with Gasteiger partial charge in [0.15, 0.2) is 0 Å². The summed E-state index contributed by atoms with van der Waals surface area (Å²) in [7, 11) is 0. The van der Waals surface area contributed by atoms with Crippen molar-refractivity contribution in [1.29, 1.82) is 0 Å². The first-order valence-corrected chi connectivity index (χ1v) is 7.70. The number of unbranched alkanes of at least 4 members (excludes halogenated alkanes) is 1. The van der Waals surface area contributed by atoms with Crippen LogP contribution < -0.4 is 0 Å². The predicted molar refractivity (Wildman–Crippen MR) is 89.5 cm³/mol. The highest BCUT2D eigenvalue weighted by Crippen LogP contribution is 2.09. The molecule has 1 rings (SSSR count). The minimum Gasteiger partial charge on any atom is -0.466 e. The molecule has 120 valence electrons. The highest BCUT2D eigenvalue weighted by molar-refractivity contribution is 5.95. The zero-order chi connectivity index (χ0) is 16.8. The lowest BCUT2D eigenvalue weighted by Gasteiger charge is -2.02. The number of hydrogen-bond donors (Lipinski definition) is 0. The first-order chi connectivity index (χ1) is 10.5. The molecule has 1 aromatic rings. The number of ketones is 1. The summed E-state index contributed by atoms with van der Waals surface area (Å²) in [6.07, 6.45) is 8.59. The molecule has 0 radical (unpaired) electrons. The Kier molecular flexibility index (Phi) is 11.4. The van der Waals surface area contributed by atoms with Crippen molar-refractivity contribution in [2.75, 3.05) is 6.61 Å². The molecule has 0 saturated carbocycles. The molecule has 0 spiro atoms. The normalized spacial score (nSPS) is 9.18. The van der Waals surface area contributed by atoms with E-state index in [9.17, 15) is 9.59 Å². The van der Waals surface area contributed by atoms with Gasteiger partial charge in [-0.2, -0.15) is 0 Å². The average molecular weight is 302 g/mol. The molecule has 0 aliphatic carbocycles. The van der Waals surface area contributed by atoms with Crippen LogP contribution in [0, 0.1) is 19.3 Å². The van der Waals surface area contributed by atoms with E-state index in [2.05, 4.69) is 41.8 Å². The fourth-order valence-electron chi connectivity index (χ4n) is 1.77. The monoisotopic (exact) mass is 302 g/mol. The SMILES string of the molecule is C#CCCCc1ccccc1C.CCOC(=O)CC(=O)CC. The van der Waals surface area contributed by atoms with Crippen LogP contribution in [0.5, 0.6) is 0 Å². The highest BCUT2D eigenvalue weighted by atomic mass is 16.5. The minimum atomic E-state index is -0.422. The van der Waals surface area contributed by atoms with E-state index in [1.54, 1.807) is 13.8 Å². The number of carbonyl (C=O) groups excluding carboxylic acids is 2. The Morgan fingerprint density at radius 2 is 1.91 bits per heavy atom. The van der Waals surface area contributed by atoms with Gasteiger partial charge in [-0.05, 0) is 37.8 Å². The van der Waals surface area contributed by atoms with E-state index in [4.69, 9.17) is 6.42 Å². The maximum Gasteiger partial charge on any atom is 0.313 e. The zero-order valence-electron chi connectivity index (χ0n) is 13.9. The number of Topliss-reactive ketones (excluding diaryl/α,β-unsaturated/α-hetero) is 1. The van der Waals surface area contributed by atoms with Crippen LogP contribution in [0.2, 0.25) is 0 Å². The third kappa shape index (κ3) is 9.77. The number of ether oxygens (including phenoxy) is 1. The largest absolute Gasteiger partial charge is 0.466 e. The molecule has 22 heavy (non-hydrogen) atoms. The second kappa shape index (κ2) is 12.6. The van der Waals surface area contributed by atoms with Gasteiger partial charge in [0.25, 0.3) is 0 Å². The third-order valence-corrected chi connectivity index (χ3v) is 3.07. The quantitative estimate of drug-likeness (QED) is 0.332. The van der Waals surface area contributed by atoms with E-state index in [1.165, 1.54) is 11.1 Å². The summed E-state index contributed by atoms with van der Waals surface area (Å²) in [6, 6.07) is 8.47. The lowest BCUT2D eigenvalue weighted by atomic mass is 10.0. The Bertz CT molecular complexity index is 498. The lowest BCUT2D eigenvalue weighted by Crippen LogP contribution is -2.09. The van der Waals surface area contributed by atoms with Gasteiger partial charge in [-0.25, -0.2) is 0 Å². The number of aryl methyl sites for hydroxylation is 2. The van der Waals surface area contributed by atoms with Gasteiger partial charge in [-0.3, -0.25) is 9.59 Å². The van der Waals surface area contributed by atoms with Gasteiger partial charge in [0.1, 0.15) is 12.2 Å². The minimum absolute atomic E-state index is 0.0709. The molecule has 0 fully saturated rings. The molecule has 0 aliphatic rings. The standard InChI is InChI=1S/C12H14.C7H12O3/c1-3-4-5-9-12-10-7-6-8-11(12)2;1-3-6(8)5-7(9)10-4-2/h1,6-8,10H,4-5,9H2,2H3;3-5H2,1-2H3. The van der Waals surface area contributed by atoms with Crippen LogP contribution in [0.25, 0.3) is 0 Å². The molecule has 1 aromatic carbocycles. The first-order valence-electron chi connectivity index (χ1n) is 7.70. The summed E-state index contributed by atoms with van der Waals surface area (Å²) in [6.45, 7) is 5.93.